The van der Waals surface area contributed by atoms with E-state index >= 15 is 0 Å². The van der Waals surface area contributed by atoms with Gasteiger partial charge in [0.2, 0.25) is 5.91 Å². The van der Waals surface area contributed by atoms with E-state index in [1.165, 1.54) is 6.07 Å². The Balaban J connectivity index is 1.82. The first-order valence-electron chi connectivity index (χ1n) is 8.92. The van der Waals surface area contributed by atoms with Crippen molar-refractivity contribution in [3.8, 4) is 11.3 Å². The molecule has 1 aromatic carbocycles. The van der Waals surface area contributed by atoms with Crippen molar-refractivity contribution in [1.29, 1.82) is 0 Å². The van der Waals surface area contributed by atoms with E-state index in [-0.39, 0.29) is 17.3 Å². The maximum atomic E-state index is 13.9. The number of rotatable bonds is 3. The van der Waals surface area contributed by atoms with E-state index in [1.54, 1.807) is 19.9 Å². The molecule has 3 rings (SSSR count). The lowest BCUT2D eigenvalue weighted by Crippen LogP contribution is -2.53. The molecule has 5 nitrogen and oxygen atoms in total. The number of nitrogens with zero attached hydrogens (tertiary/aromatic N) is 3. The number of hydrogen-bond acceptors (Lipinski definition) is 4. The van der Waals surface area contributed by atoms with Crippen molar-refractivity contribution in [3.63, 3.8) is 0 Å². The predicted octanol–water partition coefficient (Wildman–Crippen LogP) is 3.39. The Kier molecular flexibility index (Phi) is 4.94. The largest absolute Gasteiger partial charge is 0.356 e. The van der Waals surface area contributed by atoms with Crippen LogP contribution in [0.25, 0.3) is 11.3 Å². The van der Waals surface area contributed by atoms with Gasteiger partial charge in [0.15, 0.2) is 0 Å². The van der Waals surface area contributed by atoms with E-state index in [0.29, 0.717) is 11.4 Å². The normalized spacial score (nSPS) is 16.4. The minimum atomic E-state index is -0.232. The Bertz CT molecular complexity index is 829. The van der Waals surface area contributed by atoms with Crippen LogP contribution in [0.5, 0.6) is 0 Å². The second-order valence-electron chi connectivity index (χ2n) is 7.35. The molecular weight excluding hydrogens is 331 g/mol. The average molecular weight is 356 g/mol. The van der Waals surface area contributed by atoms with Crippen LogP contribution in [0.1, 0.15) is 38.1 Å². The van der Waals surface area contributed by atoms with E-state index in [0.717, 1.165) is 43.0 Å². The highest BCUT2D eigenvalue weighted by Crippen LogP contribution is 2.28. The molecule has 0 saturated carbocycles. The van der Waals surface area contributed by atoms with E-state index in [4.69, 9.17) is 0 Å². The van der Waals surface area contributed by atoms with Crippen molar-refractivity contribution < 1.29 is 9.18 Å². The van der Waals surface area contributed by atoms with Crippen molar-refractivity contribution in [2.75, 3.05) is 18.0 Å². The zero-order valence-corrected chi connectivity index (χ0v) is 15.8. The van der Waals surface area contributed by atoms with Crippen molar-refractivity contribution in [2.45, 2.75) is 46.1 Å². The molecule has 2 heterocycles. The van der Waals surface area contributed by atoms with Gasteiger partial charge in [-0.1, -0.05) is 12.1 Å². The first kappa shape index (κ1) is 18.3. The Labute approximate surface area is 153 Å². The predicted molar refractivity (Wildman–Crippen MR) is 101 cm³/mol. The van der Waals surface area contributed by atoms with Crippen LogP contribution < -0.4 is 10.2 Å². The fourth-order valence-electron chi connectivity index (χ4n) is 3.39. The second kappa shape index (κ2) is 7.02. The average Bonchev–Trinajstić information content (AvgIpc) is 2.56. The lowest BCUT2D eigenvalue weighted by atomic mass is 9.89. The molecule has 1 amide bonds. The lowest BCUT2D eigenvalue weighted by Gasteiger charge is -2.40. The Hall–Kier alpha value is -2.50. The summed E-state index contributed by atoms with van der Waals surface area (Å²) in [5.41, 5.74) is 1.92. The summed E-state index contributed by atoms with van der Waals surface area (Å²) >= 11 is 0. The highest BCUT2D eigenvalue weighted by Gasteiger charge is 2.31. The Morgan fingerprint density at radius 1 is 1.19 bits per heavy atom. The number of anilines is 1. The molecule has 0 bridgehead atoms. The molecule has 1 N–H and O–H groups in total. The molecule has 1 aliphatic heterocycles. The summed E-state index contributed by atoms with van der Waals surface area (Å²) in [6.45, 7) is 8.83. The summed E-state index contributed by atoms with van der Waals surface area (Å²) in [7, 11) is 0. The van der Waals surface area contributed by atoms with E-state index in [1.807, 2.05) is 19.1 Å². The first-order chi connectivity index (χ1) is 12.3. The molecule has 26 heavy (non-hydrogen) atoms. The van der Waals surface area contributed by atoms with Crippen molar-refractivity contribution in [2.24, 2.45) is 0 Å². The molecule has 2 aromatic rings. The van der Waals surface area contributed by atoms with Gasteiger partial charge in [0.25, 0.3) is 0 Å². The Morgan fingerprint density at radius 2 is 1.88 bits per heavy atom. The number of piperidine rings is 1. The molecule has 1 aliphatic rings. The number of carbonyl (C=O) groups excluding carboxylic acids is 1. The summed E-state index contributed by atoms with van der Waals surface area (Å²) in [5, 5.41) is 3.05. The van der Waals surface area contributed by atoms with Crippen LogP contribution in [-0.4, -0.2) is 34.5 Å². The lowest BCUT2D eigenvalue weighted by molar-refractivity contribution is -0.120. The summed E-state index contributed by atoms with van der Waals surface area (Å²) in [6, 6.07) is 7.08. The van der Waals surface area contributed by atoms with Gasteiger partial charge in [0, 0.05) is 37.2 Å². The van der Waals surface area contributed by atoms with Gasteiger partial charge in [-0.15, -0.1) is 0 Å². The standard InChI is InChI=1S/C20H25FN4O/c1-13-5-6-16(11-17(13)21)18-12-19(23-14(2)22-18)25-9-7-20(4,8-10-25)24-15(3)26/h5-6,11-12H,7-10H2,1-4H3,(H,24,26). The van der Waals surface area contributed by atoms with Gasteiger partial charge in [0.05, 0.1) is 5.69 Å². The third kappa shape index (κ3) is 4.00. The highest BCUT2D eigenvalue weighted by molar-refractivity contribution is 5.73. The highest BCUT2D eigenvalue weighted by atomic mass is 19.1. The molecule has 1 aromatic heterocycles. The molecule has 0 spiro atoms. The third-order valence-electron chi connectivity index (χ3n) is 4.96. The van der Waals surface area contributed by atoms with Crippen molar-refractivity contribution in [1.82, 2.24) is 15.3 Å². The zero-order valence-electron chi connectivity index (χ0n) is 15.8. The maximum absolute atomic E-state index is 13.9. The third-order valence-corrected chi connectivity index (χ3v) is 4.96. The van der Waals surface area contributed by atoms with Crippen LogP contribution in [0, 0.1) is 19.7 Å². The molecule has 0 unspecified atom stereocenters. The van der Waals surface area contributed by atoms with Crippen LogP contribution in [0.4, 0.5) is 10.2 Å². The van der Waals surface area contributed by atoms with Crippen LogP contribution in [-0.2, 0) is 4.79 Å². The topological polar surface area (TPSA) is 58.1 Å². The summed E-state index contributed by atoms with van der Waals surface area (Å²) in [6.07, 6.45) is 1.70. The van der Waals surface area contributed by atoms with Gasteiger partial charge >= 0.3 is 0 Å². The first-order valence-corrected chi connectivity index (χ1v) is 8.92. The minimum Gasteiger partial charge on any atom is -0.356 e. The molecule has 0 atom stereocenters. The van der Waals surface area contributed by atoms with Gasteiger partial charge in [-0.2, -0.15) is 0 Å². The van der Waals surface area contributed by atoms with Gasteiger partial charge in [-0.3, -0.25) is 4.79 Å². The van der Waals surface area contributed by atoms with Crippen molar-refractivity contribution >= 4 is 11.7 Å². The van der Waals surface area contributed by atoms with Gasteiger partial charge in [-0.05, 0) is 45.2 Å². The number of amides is 1. The molecule has 1 saturated heterocycles. The summed E-state index contributed by atoms with van der Waals surface area (Å²) < 4.78 is 13.9. The quantitative estimate of drug-likeness (QED) is 0.916. The summed E-state index contributed by atoms with van der Waals surface area (Å²) in [5.74, 6) is 1.28. The second-order valence-corrected chi connectivity index (χ2v) is 7.35. The molecule has 0 radical (unpaired) electrons. The van der Waals surface area contributed by atoms with E-state index in [9.17, 15) is 9.18 Å². The number of halogens is 1. The van der Waals surface area contributed by atoms with Crippen LogP contribution >= 0.6 is 0 Å². The van der Waals surface area contributed by atoms with Crippen LogP contribution in [0.15, 0.2) is 24.3 Å². The fourth-order valence-corrected chi connectivity index (χ4v) is 3.39. The zero-order chi connectivity index (χ0) is 18.9. The number of aryl methyl sites for hydroxylation is 2. The van der Waals surface area contributed by atoms with E-state index < -0.39 is 0 Å². The number of hydrogen-bond donors (Lipinski definition) is 1. The molecule has 1 fully saturated rings. The number of benzene rings is 1. The van der Waals surface area contributed by atoms with Crippen molar-refractivity contribution in [3.05, 3.63) is 41.5 Å². The SMILES string of the molecule is CC(=O)NC1(C)CCN(c2cc(-c3ccc(C)c(F)c3)nc(C)n2)CC1. The van der Waals surface area contributed by atoms with Crippen LogP contribution in [0.2, 0.25) is 0 Å². The monoisotopic (exact) mass is 356 g/mol. The molecule has 6 heteroatoms. The number of aromatic nitrogens is 2. The maximum Gasteiger partial charge on any atom is 0.217 e. The van der Waals surface area contributed by atoms with Crippen LogP contribution in [0.3, 0.4) is 0 Å². The summed E-state index contributed by atoms with van der Waals surface area (Å²) in [4.78, 5) is 22.6. The molecular formula is C20H25FN4O. The number of nitrogens with one attached hydrogen (secondary N) is 1. The van der Waals surface area contributed by atoms with Gasteiger partial charge in [-0.25, -0.2) is 14.4 Å². The molecule has 138 valence electrons. The number of carbonyl (C=O) groups is 1. The fraction of sp³-hybridized carbons (Fsp3) is 0.450. The molecule has 0 aliphatic carbocycles. The Morgan fingerprint density at radius 3 is 2.50 bits per heavy atom. The minimum absolute atomic E-state index is 0.00233. The van der Waals surface area contributed by atoms with E-state index in [2.05, 4.69) is 27.1 Å². The van der Waals surface area contributed by atoms with Gasteiger partial charge < -0.3 is 10.2 Å². The smallest absolute Gasteiger partial charge is 0.217 e. The van der Waals surface area contributed by atoms with Gasteiger partial charge in [0.1, 0.15) is 17.5 Å².